The number of sulfonamides is 1. The van der Waals surface area contributed by atoms with Gasteiger partial charge >= 0.3 is 0 Å². The Bertz CT molecular complexity index is 2560. The fraction of sp³-hybridized carbons (Fsp3) is 0.391. The standard InChI is InChI=1S/C46H51ClN6O7S/c1-46(2)17-11-33(40(27-46)32-3-5-35(47)6-4-32)23-30-13-19-52(20-14-30)36-7-9-39(43(25-36)60-37-24-34-12-18-48-44(34)50-29-37)45(54)51-61(57,58)38-8-10-41(42(26-38)53(55)56)49-28-31-15-21-59-22-16-31/h3-10,12,18,24-26,29-31,49H,11,13-17,19-23,27-28H2,1-2H3,(H,48,50)(H,51,54). The van der Waals surface area contributed by atoms with Gasteiger partial charge in [-0.15, -0.1) is 0 Å². The first kappa shape index (κ1) is 42.3. The number of pyridine rings is 1. The normalized spacial score (nSPS) is 17.7. The first-order valence-corrected chi connectivity index (χ1v) is 22.8. The van der Waals surface area contributed by atoms with Crippen LogP contribution in [0.1, 0.15) is 81.1 Å². The van der Waals surface area contributed by atoms with Crippen molar-refractivity contribution in [3.05, 3.63) is 117 Å². The van der Waals surface area contributed by atoms with Crippen LogP contribution in [0.4, 0.5) is 17.1 Å². The van der Waals surface area contributed by atoms with E-state index >= 15 is 0 Å². The molecule has 0 bridgehead atoms. The van der Waals surface area contributed by atoms with Crippen LogP contribution >= 0.6 is 11.6 Å². The number of nitrogens with one attached hydrogen (secondary N) is 3. The number of benzene rings is 3. The van der Waals surface area contributed by atoms with Gasteiger partial charge in [-0.05, 0) is 128 Å². The molecule has 2 aliphatic heterocycles. The monoisotopic (exact) mass is 866 g/mol. The Morgan fingerprint density at radius 2 is 1.79 bits per heavy atom. The van der Waals surface area contributed by atoms with Gasteiger partial charge in [-0.3, -0.25) is 14.9 Å². The van der Waals surface area contributed by atoms with Crippen molar-refractivity contribution in [3.8, 4) is 11.5 Å². The minimum Gasteiger partial charge on any atom is -0.455 e. The number of anilines is 2. The number of halogens is 1. The average Bonchev–Trinajstić information content (AvgIpc) is 3.72. The number of aromatic amines is 1. The van der Waals surface area contributed by atoms with Crippen LogP contribution in [0.3, 0.4) is 0 Å². The van der Waals surface area contributed by atoms with Crippen molar-refractivity contribution < 1.29 is 27.6 Å². The van der Waals surface area contributed by atoms with Gasteiger partial charge in [0.2, 0.25) is 0 Å². The van der Waals surface area contributed by atoms with Gasteiger partial charge in [-0.2, -0.15) is 0 Å². The van der Waals surface area contributed by atoms with Crippen molar-refractivity contribution in [2.24, 2.45) is 17.3 Å². The van der Waals surface area contributed by atoms with Crippen LogP contribution < -0.4 is 19.7 Å². The Balaban J connectivity index is 1.00. The molecule has 0 unspecified atom stereocenters. The van der Waals surface area contributed by atoms with Gasteiger partial charge in [0.1, 0.15) is 22.8 Å². The molecule has 0 saturated carbocycles. The molecule has 3 aromatic carbocycles. The molecule has 4 heterocycles. The molecule has 61 heavy (non-hydrogen) atoms. The summed E-state index contributed by atoms with van der Waals surface area (Å²) in [6, 6.07) is 20.6. The van der Waals surface area contributed by atoms with Crippen molar-refractivity contribution >= 4 is 61.2 Å². The van der Waals surface area contributed by atoms with Crippen LogP contribution in [0, 0.1) is 27.4 Å². The molecule has 1 aliphatic carbocycles. The summed E-state index contributed by atoms with van der Waals surface area (Å²) in [5.41, 5.74) is 5.76. The van der Waals surface area contributed by atoms with Crippen LogP contribution in [0.2, 0.25) is 5.02 Å². The number of aromatic nitrogens is 2. The summed E-state index contributed by atoms with van der Waals surface area (Å²) in [6.45, 7) is 8.04. The maximum atomic E-state index is 13.9. The van der Waals surface area contributed by atoms with Crippen molar-refractivity contribution in [2.45, 2.75) is 70.1 Å². The maximum Gasteiger partial charge on any atom is 0.293 e. The van der Waals surface area contributed by atoms with Gasteiger partial charge < -0.3 is 24.7 Å². The van der Waals surface area contributed by atoms with Gasteiger partial charge in [0.25, 0.3) is 21.6 Å². The van der Waals surface area contributed by atoms with Gasteiger partial charge in [0.15, 0.2) is 0 Å². The Morgan fingerprint density at radius 1 is 1.02 bits per heavy atom. The second-order valence-corrected chi connectivity index (χ2v) is 19.4. The number of H-pyrrole nitrogens is 1. The molecule has 0 atom stereocenters. The molecule has 0 spiro atoms. The fourth-order valence-corrected chi connectivity index (χ4v) is 9.87. The molecule has 15 heteroatoms. The zero-order valence-electron chi connectivity index (χ0n) is 34.4. The SMILES string of the molecule is CC1(C)CCC(CC2CCN(c3ccc(C(=O)NS(=O)(=O)c4ccc(NCC5CCOCC5)c([N+](=O)[O-])c4)c(Oc4cnc5[nH]ccc5c4)c3)CC2)=C(c2ccc(Cl)cc2)C1. The molecule has 3 aliphatic rings. The maximum absolute atomic E-state index is 13.9. The van der Waals surface area contributed by atoms with E-state index in [-0.39, 0.29) is 28.3 Å². The molecule has 320 valence electrons. The number of fused-ring (bicyclic) bond motifs is 1. The zero-order valence-corrected chi connectivity index (χ0v) is 36.0. The van der Waals surface area contributed by atoms with Crippen LogP contribution in [0.15, 0.2) is 95.7 Å². The highest BCUT2D eigenvalue weighted by Crippen LogP contribution is 2.46. The van der Waals surface area contributed by atoms with E-state index in [9.17, 15) is 23.3 Å². The highest BCUT2D eigenvalue weighted by molar-refractivity contribution is 7.90. The molecule has 5 aromatic rings. The highest BCUT2D eigenvalue weighted by atomic mass is 35.5. The lowest BCUT2D eigenvalue weighted by Crippen LogP contribution is -2.34. The summed E-state index contributed by atoms with van der Waals surface area (Å²) in [6.07, 6.45) is 11.3. The number of piperidine rings is 1. The number of hydrogen-bond donors (Lipinski definition) is 3. The van der Waals surface area contributed by atoms with Crippen molar-refractivity contribution in [1.82, 2.24) is 14.7 Å². The molecule has 1 amide bonds. The molecule has 2 fully saturated rings. The minimum absolute atomic E-state index is 0.0255. The quantitative estimate of drug-likeness (QED) is 0.0765. The summed E-state index contributed by atoms with van der Waals surface area (Å²) in [7, 11) is -4.55. The molecule has 2 aromatic heterocycles. The van der Waals surface area contributed by atoms with Gasteiger partial charge in [0.05, 0.1) is 21.6 Å². The van der Waals surface area contributed by atoms with E-state index in [1.807, 2.05) is 18.2 Å². The number of allylic oxidation sites excluding steroid dienone is 2. The number of rotatable bonds is 13. The lowest BCUT2D eigenvalue weighted by atomic mass is 9.70. The van der Waals surface area contributed by atoms with E-state index in [1.165, 1.54) is 29.5 Å². The van der Waals surface area contributed by atoms with E-state index in [0.717, 1.165) is 86.6 Å². The second-order valence-electron chi connectivity index (χ2n) is 17.2. The van der Waals surface area contributed by atoms with Crippen LogP contribution in [0.5, 0.6) is 11.5 Å². The van der Waals surface area contributed by atoms with Crippen molar-refractivity contribution in [1.29, 1.82) is 0 Å². The molecule has 0 radical (unpaired) electrons. The predicted octanol–water partition coefficient (Wildman–Crippen LogP) is 10.1. The zero-order chi connectivity index (χ0) is 42.7. The lowest BCUT2D eigenvalue weighted by Gasteiger charge is -2.37. The molecular formula is C46H51ClN6O7S. The first-order chi connectivity index (χ1) is 29.3. The number of nitro groups is 1. The smallest absolute Gasteiger partial charge is 0.293 e. The van der Waals surface area contributed by atoms with E-state index in [1.54, 1.807) is 36.0 Å². The van der Waals surface area contributed by atoms with Gasteiger partial charge in [-0.1, -0.05) is 43.2 Å². The topological polar surface area (TPSA) is 169 Å². The van der Waals surface area contributed by atoms with E-state index in [4.69, 9.17) is 21.1 Å². The highest BCUT2D eigenvalue weighted by Gasteiger charge is 2.31. The summed E-state index contributed by atoms with van der Waals surface area (Å²) in [4.78, 5) is 34.7. The number of nitro benzene ring substituents is 1. The van der Waals surface area contributed by atoms with Crippen LogP contribution in [-0.4, -0.2) is 62.1 Å². The number of amides is 1. The summed E-state index contributed by atoms with van der Waals surface area (Å²) >= 11 is 6.25. The first-order valence-electron chi connectivity index (χ1n) is 20.9. The molecule has 8 rings (SSSR count). The molecular weight excluding hydrogens is 816 g/mol. The third kappa shape index (κ3) is 10.0. The number of nitrogens with zero attached hydrogens (tertiary/aromatic N) is 3. The molecule has 13 nitrogen and oxygen atoms in total. The second kappa shape index (κ2) is 17.9. The summed E-state index contributed by atoms with van der Waals surface area (Å²) in [5.74, 6) is 0.358. The number of hydrogen-bond acceptors (Lipinski definition) is 10. The predicted molar refractivity (Wildman–Crippen MR) is 238 cm³/mol. The Morgan fingerprint density at radius 3 is 2.54 bits per heavy atom. The largest absolute Gasteiger partial charge is 0.455 e. The number of carbonyl (C=O) groups is 1. The molecule has 3 N–H and O–H groups in total. The van der Waals surface area contributed by atoms with Crippen molar-refractivity contribution in [3.63, 3.8) is 0 Å². The third-order valence-electron chi connectivity index (χ3n) is 12.3. The van der Waals surface area contributed by atoms with E-state index < -0.39 is 31.4 Å². The minimum atomic E-state index is -4.55. The Labute approximate surface area is 361 Å². The Hall–Kier alpha value is -5.44. The van der Waals surface area contributed by atoms with Gasteiger partial charge in [0, 0.05) is 67.3 Å². The average molecular weight is 867 g/mol. The number of carbonyl (C=O) groups excluding carboxylic acids is 1. The Kier molecular flexibility index (Phi) is 12.4. The van der Waals surface area contributed by atoms with Crippen LogP contribution in [-0.2, 0) is 14.8 Å². The van der Waals surface area contributed by atoms with Crippen molar-refractivity contribution in [2.75, 3.05) is 43.1 Å². The third-order valence-corrected chi connectivity index (χ3v) is 13.9. The van der Waals surface area contributed by atoms with Crippen LogP contribution in [0.25, 0.3) is 16.6 Å². The summed E-state index contributed by atoms with van der Waals surface area (Å²) in [5, 5.41) is 16.7. The molecule has 2 saturated heterocycles. The lowest BCUT2D eigenvalue weighted by molar-refractivity contribution is -0.384. The van der Waals surface area contributed by atoms with E-state index in [2.05, 4.69) is 50.9 Å². The number of ether oxygens (including phenoxy) is 2. The van der Waals surface area contributed by atoms with Gasteiger partial charge in [-0.25, -0.2) is 18.1 Å². The van der Waals surface area contributed by atoms with E-state index in [0.29, 0.717) is 37.1 Å². The summed E-state index contributed by atoms with van der Waals surface area (Å²) < 4.78 is 41.2. The fourth-order valence-electron chi connectivity index (χ4n) is 8.76.